The second-order valence-electron chi connectivity index (χ2n) is 8.61. The number of aryl methyl sites for hydroxylation is 3. The first-order chi connectivity index (χ1) is 15.0. The standard InChI is InChI=1S/C25H34N4O2/c1-20-8-6-9-21(2)25(20)27-24(31)19-29-16-14-28(15-17-29)18-23(30)26-13-7-12-22-10-4-3-5-11-22/h3-6,8-11H,7,12-19H2,1-2H3,(H,26,30)(H,27,31)/p+2. The molecule has 0 aliphatic carbocycles. The van der Waals surface area contributed by atoms with Gasteiger partial charge in [0.1, 0.15) is 26.2 Å². The lowest BCUT2D eigenvalue weighted by Crippen LogP contribution is -3.28. The molecule has 3 rings (SSSR count). The fourth-order valence-electron chi connectivity index (χ4n) is 4.19. The predicted octanol–water partition coefficient (Wildman–Crippen LogP) is -0.226. The van der Waals surface area contributed by atoms with Crippen LogP contribution in [0.3, 0.4) is 0 Å². The van der Waals surface area contributed by atoms with Crippen molar-refractivity contribution in [2.75, 3.05) is 51.1 Å². The van der Waals surface area contributed by atoms with Gasteiger partial charge in [0.05, 0.1) is 0 Å². The Balaban J connectivity index is 1.31. The van der Waals surface area contributed by atoms with Crippen molar-refractivity contribution in [3.05, 3.63) is 65.2 Å². The fourth-order valence-corrected chi connectivity index (χ4v) is 4.19. The van der Waals surface area contributed by atoms with Gasteiger partial charge in [-0.05, 0) is 43.4 Å². The van der Waals surface area contributed by atoms with E-state index < -0.39 is 0 Å². The third-order valence-electron chi connectivity index (χ3n) is 6.04. The quantitative estimate of drug-likeness (QED) is 0.421. The molecule has 0 bridgehead atoms. The molecule has 1 saturated heterocycles. The predicted molar refractivity (Wildman–Crippen MR) is 123 cm³/mol. The first-order valence-electron chi connectivity index (χ1n) is 11.3. The van der Waals surface area contributed by atoms with Crippen molar-refractivity contribution in [1.29, 1.82) is 0 Å². The number of hydrogen-bond acceptors (Lipinski definition) is 2. The van der Waals surface area contributed by atoms with Crippen LogP contribution in [-0.4, -0.2) is 57.6 Å². The zero-order valence-corrected chi connectivity index (χ0v) is 18.8. The number of quaternary nitrogens is 2. The molecule has 2 amide bonds. The minimum atomic E-state index is 0.0620. The number of anilines is 1. The Bertz CT molecular complexity index is 841. The van der Waals surface area contributed by atoms with Crippen molar-refractivity contribution in [2.45, 2.75) is 26.7 Å². The van der Waals surface area contributed by atoms with E-state index in [1.807, 2.05) is 50.2 Å². The van der Waals surface area contributed by atoms with E-state index in [0.29, 0.717) is 13.1 Å². The highest BCUT2D eigenvalue weighted by atomic mass is 16.2. The maximum atomic E-state index is 12.5. The second kappa shape index (κ2) is 11.6. The second-order valence-corrected chi connectivity index (χ2v) is 8.61. The van der Waals surface area contributed by atoms with Crippen molar-refractivity contribution >= 4 is 17.5 Å². The Morgan fingerprint density at radius 1 is 0.806 bits per heavy atom. The van der Waals surface area contributed by atoms with E-state index in [1.165, 1.54) is 15.4 Å². The lowest BCUT2D eigenvalue weighted by molar-refractivity contribution is -1.00. The smallest absolute Gasteiger partial charge is 0.279 e. The monoisotopic (exact) mass is 424 g/mol. The molecular weight excluding hydrogens is 388 g/mol. The van der Waals surface area contributed by atoms with Crippen LogP contribution in [0.2, 0.25) is 0 Å². The van der Waals surface area contributed by atoms with Gasteiger partial charge in [-0.3, -0.25) is 9.59 Å². The molecule has 2 aromatic carbocycles. The number of amides is 2. The van der Waals surface area contributed by atoms with E-state index in [2.05, 4.69) is 22.8 Å². The number of carbonyl (C=O) groups is 2. The number of nitrogens with one attached hydrogen (secondary N) is 4. The average Bonchev–Trinajstić information content (AvgIpc) is 2.76. The molecule has 0 atom stereocenters. The van der Waals surface area contributed by atoms with Crippen LogP contribution in [-0.2, 0) is 16.0 Å². The maximum absolute atomic E-state index is 12.5. The first-order valence-corrected chi connectivity index (χ1v) is 11.3. The Morgan fingerprint density at radius 2 is 1.39 bits per heavy atom. The Morgan fingerprint density at radius 3 is 2.00 bits per heavy atom. The molecule has 0 radical (unpaired) electrons. The van der Waals surface area contributed by atoms with Gasteiger partial charge in [-0.2, -0.15) is 0 Å². The highest BCUT2D eigenvalue weighted by Gasteiger charge is 2.26. The number of hydrogen-bond donors (Lipinski definition) is 4. The maximum Gasteiger partial charge on any atom is 0.279 e. The summed E-state index contributed by atoms with van der Waals surface area (Å²) >= 11 is 0. The molecule has 0 spiro atoms. The summed E-state index contributed by atoms with van der Waals surface area (Å²) in [6.07, 6.45) is 1.94. The minimum absolute atomic E-state index is 0.0620. The van der Waals surface area contributed by atoms with Gasteiger partial charge in [-0.15, -0.1) is 0 Å². The average molecular weight is 425 g/mol. The van der Waals surface area contributed by atoms with Crippen LogP contribution in [0.25, 0.3) is 0 Å². The van der Waals surface area contributed by atoms with Gasteiger partial charge in [0, 0.05) is 12.2 Å². The Labute approximate surface area is 185 Å². The van der Waals surface area contributed by atoms with Crippen LogP contribution in [0, 0.1) is 13.8 Å². The summed E-state index contributed by atoms with van der Waals surface area (Å²) in [5.74, 6) is 0.186. The van der Waals surface area contributed by atoms with Crippen molar-refractivity contribution in [3.63, 3.8) is 0 Å². The Kier molecular flexibility index (Phi) is 8.62. The van der Waals surface area contributed by atoms with Crippen LogP contribution < -0.4 is 20.4 Å². The molecule has 2 aromatic rings. The van der Waals surface area contributed by atoms with Crippen molar-refractivity contribution in [1.82, 2.24) is 5.32 Å². The van der Waals surface area contributed by atoms with E-state index >= 15 is 0 Å². The summed E-state index contributed by atoms with van der Waals surface area (Å²) in [6, 6.07) is 16.4. The van der Waals surface area contributed by atoms with E-state index in [4.69, 9.17) is 0 Å². The van der Waals surface area contributed by atoms with Gasteiger partial charge in [0.25, 0.3) is 11.8 Å². The van der Waals surface area contributed by atoms with Gasteiger partial charge in [0.15, 0.2) is 13.1 Å². The molecule has 6 nitrogen and oxygen atoms in total. The van der Waals surface area contributed by atoms with Crippen LogP contribution in [0.1, 0.15) is 23.1 Å². The lowest BCUT2D eigenvalue weighted by Gasteiger charge is -2.29. The lowest BCUT2D eigenvalue weighted by atomic mass is 10.1. The van der Waals surface area contributed by atoms with Crippen LogP contribution >= 0.6 is 0 Å². The minimum Gasteiger partial charge on any atom is -0.351 e. The molecule has 0 aromatic heterocycles. The number of benzene rings is 2. The van der Waals surface area contributed by atoms with Crippen LogP contribution in [0.5, 0.6) is 0 Å². The largest absolute Gasteiger partial charge is 0.351 e. The molecule has 31 heavy (non-hydrogen) atoms. The van der Waals surface area contributed by atoms with Gasteiger partial charge in [-0.1, -0.05) is 48.5 Å². The third-order valence-corrected chi connectivity index (χ3v) is 6.04. The van der Waals surface area contributed by atoms with E-state index in [0.717, 1.165) is 62.4 Å². The first kappa shape index (κ1) is 23.0. The van der Waals surface area contributed by atoms with Gasteiger partial charge >= 0.3 is 0 Å². The molecule has 0 unspecified atom stereocenters. The molecule has 4 N–H and O–H groups in total. The molecule has 1 aliphatic rings. The highest BCUT2D eigenvalue weighted by Crippen LogP contribution is 2.18. The van der Waals surface area contributed by atoms with Gasteiger partial charge in [-0.25, -0.2) is 0 Å². The molecule has 6 heteroatoms. The van der Waals surface area contributed by atoms with Gasteiger partial charge in [0.2, 0.25) is 0 Å². The molecular formula is C25H36N4O2+2. The molecule has 1 heterocycles. The van der Waals surface area contributed by atoms with Gasteiger partial charge < -0.3 is 20.4 Å². The fraction of sp³-hybridized carbons (Fsp3) is 0.440. The summed E-state index contributed by atoms with van der Waals surface area (Å²) in [4.78, 5) is 27.3. The van der Waals surface area contributed by atoms with Crippen molar-refractivity contribution in [2.24, 2.45) is 0 Å². The zero-order valence-electron chi connectivity index (χ0n) is 18.8. The highest BCUT2D eigenvalue weighted by molar-refractivity contribution is 5.93. The molecule has 166 valence electrons. The summed E-state index contributed by atoms with van der Waals surface area (Å²) in [5.41, 5.74) is 4.42. The normalized spacial score (nSPS) is 18.4. The third kappa shape index (κ3) is 7.49. The van der Waals surface area contributed by atoms with E-state index in [-0.39, 0.29) is 11.8 Å². The summed E-state index contributed by atoms with van der Waals surface area (Å²) in [6.45, 7) is 9.42. The van der Waals surface area contributed by atoms with Crippen LogP contribution in [0.4, 0.5) is 5.69 Å². The van der Waals surface area contributed by atoms with Crippen molar-refractivity contribution < 1.29 is 19.4 Å². The SMILES string of the molecule is Cc1cccc(C)c1NC(=O)C[NH+]1CC[NH+](CC(=O)NCCCc2ccccc2)CC1. The number of para-hydroxylation sites is 1. The topological polar surface area (TPSA) is 67.1 Å². The summed E-state index contributed by atoms with van der Waals surface area (Å²) < 4.78 is 0. The van der Waals surface area contributed by atoms with E-state index in [1.54, 1.807) is 0 Å². The number of rotatable bonds is 9. The van der Waals surface area contributed by atoms with E-state index in [9.17, 15) is 9.59 Å². The Hall–Kier alpha value is -2.70. The molecule has 0 saturated carbocycles. The number of carbonyl (C=O) groups excluding carboxylic acids is 2. The van der Waals surface area contributed by atoms with Crippen LogP contribution in [0.15, 0.2) is 48.5 Å². The number of piperazine rings is 1. The summed E-state index contributed by atoms with van der Waals surface area (Å²) in [7, 11) is 0. The molecule has 1 fully saturated rings. The molecule has 1 aliphatic heterocycles. The zero-order chi connectivity index (χ0) is 22.1. The summed E-state index contributed by atoms with van der Waals surface area (Å²) in [5, 5.41) is 6.13. The van der Waals surface area contributed by atoms with Crippen molar-refractivity contribution in [3.8, 4) is 0 Å².